The summed E-state index contributed by atoms with van der Waals surface area (Å²) in [7, 11) is 1.80. The van der Waals surface area contributed by atoms with Gasteiger partial charge in [0.1, 0.15) is 5.82 Å². The van der Waals surface area contributed by atoms with Crippen LogP contribution in [0.5, 0.6) is 0 Å². The number of aromatic nitrogens is 2. The number of benzene rings is 1. The molecule has 0 amide bonds. The van der Waals surface area contributed by atoms with Gasteiger partial charge in [-0.25, -0.2) is 4.39 Å². The predicted octanol–water partition coefficient (Wildman–Crippen LogP) is 4.33. The van der Waals surface area contributed by atoms with E-state index in [4.69, 9.17) is 11.6 Å². The van der Waals surface area contributed by atoms with Gasteiger partial charge in [-0.1, -0.05) is 24.6 Å². The summed E-state index contributed by atoms with van der Waals surface area (Å²) in [5.74, 6) is -0.410. The van der Waals surface area contributed by atoms with Gasteiger partial charge in [-0.15, -0.1) is 0 Å². The van der Waals surface area contributed by atoms with Gasteiger partial charge in [0, 0.05) is 16.6 Å². The summed E-state index contributed by atoms with van der Waals surface area (Å²) in [4.78, 5) is 0. The molecule has 0 spiro atoms. The number of rotatable bonds is 5. The molecule has 0 aliphatic carbocycles. The van der Waals surface area contributed by atoms with Crippen LogP contribution in [0.25, 0.3) is 0 Å². The Kier molecular flexibility index (Phi) is 5.41. The molecule has 0 saturated carbocycles. The van der Waals surface area contributed by atoms with Crippen LogP contribution >= 0.6 is 27.5 Å². The normalized spacial score (nSPS) is 12.7. The third-order valence-corrected chi connectivity index (χ3v) is 4.74. The van der Waals surface area contributed by atoms with E-state index in [1.54, 1.807) is 19.2 Å². The van der Waals surface area contributed by atoms with Crippen LogP contribution in [0.2, 0.25) is 5.02 Å². The highest BCUT2D eigenvalue weighted by Gasteiger charge is 2.23. The van der Waals surface area contributed by atoms with E-state index < -0.39 is 5.82 Å². The van der Waals surface area contributed by atoms with Crippen LogP contribution < -0.4 is 5.32 Å². The zero-order valence-corrected chi connectivity index (χ0v) is 14.6. The van der Waals surface area contributed by atoms with Crippen LogP contribution in [0.4, 0.5) is 4.39 Å². The SMILES string of the molecule is CCc1cc(C(NC)c2ccc(Br)c(Cl)c2F)n(CC)n1. The zero-order valence-electron chi connectivity index (χ0n) is 12.3. The van der Waals surface area contributed by atoms with Crippen molar-refractivity contribution in [2.24, 2.45) is 0 Å². The van der Waals surface area contributed by atoms with Crippen molar-refractivity contribution in [1.82, 2.24) is 15.1 Å². The lowest BCUT2D eigenvalue weighted by atomic mass is 10.0. The molecule has 1 atom stereocenters. The molecule has 0 radical (unpaired) electrons. The first-order valence-corrected chi connectivity index (χ1v) is 8.07. The molecule has 2 rings (SSSR count). The van der Waals surface area contributed by atoms with Crippen molar-refractivity contribution in [3.05, 3.63) is 50.5 Å². The minimum Gasteiger partial charge on any atom is -0.308 e. The average molecular weight is 375 g/mol. The quantitative estimate of drug-likeness (QED) is 0.790. The van der Waals surface area contributed by atoms with E-state index >= 15 is 0 Å². The molecular weight excluding hydrogens is 357 g/mol. The van der Waals surface area contributed by atoms with E-state index in [1.807, 2.05) is 17.7 Å². The van der Waals surface area contributed by atoms with E-state index in [1.165, 1.54) is 0 Å². The number of nitrogens with one attached hydrogen (secondary N) is 1. The summed E-state index contributed by atoms with van der Waals surface area (Å²) in [5.41, 5.74) is 2.45. The molecule has 0 bridgehead atoms. The Balaban J connectivity index is 2.54. The first-order chi connectivity index (χ1) is 10.0. The molecule has 2 aromatic rings. The summed E-state index contributed by atoms with van der Waals surface area (Å²) in [5, 5.41) is 7.79. The molecule has 3 nitrogen and oxygen atoms in total. The minimum atomic E-state index is -0.410. The third-order valence-electron chi connectivity index (χ3n) is 3.48. The van der Waals surface area contributed by atoms with Gasteiger partial charge in [-0.05, 0) is 48.5 Å². The number of halogens is 3. The van der Waals surface area contributed by atoms with E-state index in [0.717, 1.165) is 24.4 Å². The Hall–Kier alpha value is -0.910. The Labute approximate surface area is 137 Å². The standard InChI is InChI=1S/C15H18BrClFN3/c1-4-9-8-12(21(5-2)20-9)15(19-3)10-6-7-11(16)13(17)14(10)18/h6-8,15,19H,4-5H2,1-3H3. The highest BCUT2D eigenvalue weighted by molar-refractivity contribution is 9.10. The van der Waals surface area contributed by atoms with Gasteiger partial charge in [-0.2, -0.15) is 5.10 Å². The van der Waals surface area contributed by atoms with Crippen LogP contribution in [0.15, 0.2) is 22.7 Å². The van der Waals surface area contributed by atoms with Gasteiger partial charge in [0.25, 0.3) is 0 Å². The molecule has 0 saturated heterocycles. The predicted molar refractivity (Wildman–Crippen MR) is 87.3 cm³/mol. The topological polar surface area (TPSA) is 29.9 Å². The zero-order chi connectivity index (χ0) is 15.6. The lowest BCUT2D eigenvalue weighted by molar-refractivity contribution is 0.531. The Bertz CT molecular complexity index is 642. The Morgan fingerprint density at radius 3 is 2.71 bits per heavy atom. The fraction of sp³-hybridized carbons (Fsp3) is 0.400. The van der Waals surface area contributed by atoms with Crippen molar-refractivity contribution in [1.29, 1.82) is 0 Å². The maximum absolute atomic E-state index is 14.5. The van der Waals surface area contributed by atoms with Gasteiger partial charge >= 0.3 is 0 Å². The second kappa shape index (κ2) is 6.90. The van der Waals surface area contributed by atoms with Gasteiger partial charge in [0.15, 0.2) is 0 Å². The first-order valence-electron chi connectivity index (χ1n) is 6.90. The van der Waals surface area contributed by atoms with E-state index in [9.17, 15) is 4.39 Å². The van der Waals surface area contributed by atoms with Crippen LogP contribution in [-0.2, 0) is 13.0 Å². The second-order valence-corrected chi connectivity index (χ2v) is 5.95. The van der Waals surface area contributed by atoms with Crippen molar-refractivity contribution in [2.45, 2.75) is 32.9 Å². The number of aryl methyl sites for hydroxylation is 2. The van der Waals surface area contributed by atoms with E-state index in [-0.39, 0.29) is 11.1 Å². The number of hydrogen-bond donors (Lipinski definition) is 1. The fourth-order valence-corrected chi connectivity index (χ4v) is 2.85. The Morgan fingerprint density at radius 2 is 2.14 bits per heavy atom. The van der Waals surface area contributed by atoms with E-state index in [0.29, 0.717) is 10.0 Å². The summed E-state index contributed by atoms with van der Waals surface area (Å²) in [6.45, 7) is 4.81. The summed E-state index contributed by atoms with van der Waals surface area (Å²) >= 11 is 9.25. The van der Waals surface area contributed by atoms with E-state index in [2.05, 4.69) is 33.3 Å². The molecule has 1 N–H and O–H groups in total. The van der Waals surface area contributed by atoms with Gasteiger partial charge in [0.05, 0.1) is 22.5 Å². The van der Waals surface area contributed by atoms with Crippen molar-refractivity contribution >= 4 is 27.5 Å². The highest BCUT2D eigenvalue weighted by Crippen LogP contribution is 2.33. The molecule has 21 heavy (non-hydrogen) atoms. The lowest BCUT2D eigenvalue weighted by Crippen LogP contribution is -2.22. The molecule has 6 heteroatoms. The summed E-state index contributed by atoms with van der Waals surface area (Å²) in [6.07, 6.45) is 0.847. The summed E-state index contributed by atoms with van der Waals surface area (Å²) in [6, 6.07) is 5.23. The third kappa shape index (κ3) is 3.15. The Morgan fingerprint density at radius 1 is 1.43 bits per heavy atom. The smallest absolute Gasteiger partial charge is 0.148 e. The van der Waals surface area contributed by atoms with Crippen LogP contribution in [-0.4, -0.2) is 16.8 Å². The van der Waals surface area contributed by atoms with Gasteiger partial charge in [-0.3, -0.25) is 4.68 Å². The fourth-order valence-electron chi connectivity index (χ4n) is 2.37. The van der Waals surface area contributed by atoms with Crippen LogP contribution in [0.3, 0.4) is 0 Å². The molecule has 1 aromatic carbocycles. The molecule has 114 valence electrons. The maximum atomic E-state index is 14.5. The molecule has 0 aliphatic rings. The molecule has 1 aromatic heterocycles. The molecule has 0 fully saturated rings. The monoisotopic (exact) mass is 373 g/mol. The lowest BCUT2D eigenvalue weighted by Gasteiger charge is -2.19. The van der Waals surface area contributed by atoms with Crippen molar-refractivity contribution in [3.63, 3.8) is 0 Å². The first kappa shape index (κ1) is 16.5. The maximum Gasteiger partial charge on any atom is 0.148 e. The van der Waals surface area contributed by atoms with Crippen molar-refractivity contribution in [3.8, 4) is 0 Å². The van der Waals surface area contributed by atoms with Gasteiger partial charge in [0.2, 0.25) is 0 Å². The molecule has 1 unspecified atom stereocenters. The summed E-state index contributed by atoms with van der Waals surface area (Å²) < 4.78 is 16.9. The number of hydrogen-bond acceptors (Lipinski definition) is 2. The molecule has 1 heterocycles. The molecular formula is C15H18BrClFN3. The van der Waals surface area contributed by atoms with Crippen molar-refractivity contribution in [2.75, 3.05) is 7.05 Å². The number of nitrogens with zero attached hydrogens (tertiary/aromatic N) is 2. The highest BCUT2D eigenvalue weighted by atomic mass is 79.9. The minimum absolute atomic E-state index is 0.103. The molecule has 0 aliphatic heterocycles. The largest absolute Gasteiger partial charge is 0.308 e. The second-order valence-electron chi connectivity index (χ2n) is 4.72. The van der Waals surface area contributed by atoms with Crippen LogP contribution in [0, 0.1) is 5.82 Å². The van der Waals surface area contributed by atoms with Crippen molar-refractivity contribution < 1.29 is 4.39 Å². The van der Waals surface area contributed by atoms with Crippen LogP contribution in [0.1, 0.15) is 36.8 Å². The average Bonchev–Trinajstić information content (AvgIpc) is 2.91. The van der Waals surface area contributed by atoms with Gasteiger partial charge < -0.3 is 5.32 Å².